The van der Waals surface area contributed by atoms with Crippen LogP contribution in [-0.4, -0.2) is 16.2 Å². The van der Waals surface area contributed by atoms with Gasteiger partial charge in [-0.15, -0.1) is 0 Å². The van der Waals surface area contributed by atoms with Crippen molar-refractivity contribution in [1.29, 1.82) is 0 Å². The summed E-state index contributed by atoms with van der Waals surface area (Å²) in [6.07, 6.45) is 1.61. The lowest BCUT2D eigenvalue weighted by Gasteiger charge is -2.11. The zero-order valence-electron chi connectivity index (χ0n) is 11.4. The molecule has 4 nitrogen and oxygen atoms in total. The van der Waals surface area contributed by atoms with Crippen molar-refractivity contribution in [1.82, 2.24) is 9.55 Å². The maximum Gasteiger partial charge on any atom is 0.387 e. The quantitative estimate of drug-likeness (QED) is 0.914. The smallest absolute Gasteiger partial charge is 0.387 e. The summed E-state index contributed by atoms with van der Waals surface area (Å²) in [7, 11) is 0. The van der Waals surface area contributed by atoms with E-state index >= 15 is 0 Å². The molecule has 6 heteroatoms. The van der Waals surface area contributed by atoms with Crippen LogP contribution in [0.25, 0.3) is 11.3 Å². The summed E-state index contributed by atoms with van der Waals surface area (Å²) in [5.74, 6) is 0.930. The molecule has 0 fully saturated rings. The lowest BCUT2D eigenvalue weighted by molar-refractivity contribution is -0.0494. The topological polar surface area (TPSA) is 53.1 Å². The molecule has 108 valence electrons. The van der Waals surface area contributed by atoms with E-state index in [1.807, 2.05) is 0 Å². The van der Waals surface area contributed by atoms with Gasteiger partial charge in [-0.25, -0.2) is 4.98 Å². The van der Waals surface area contributed by atoms with E-state index < -0.39 is 6.61 Å². The second-order valence-electron chi connectivity index (χ2n) is 4.90. The lowest BCUT2D eigenvalue weighted by atomic mass is 10.1. The Morgan fingerprint density at radius 3 is 2.65 bits per heavy atom. The molecular formula is C14H17F2N3O. The Bertz CT molecular complexity index is 582. The van der Waals surface area contributed by atoms with Crippen LogP contribution in [0.15, 0.2) is 30.6 Å². The maximum absolute atomic E-state index is 12.4. The van der Waals surface area contributed by atoms with Crippen molar-refractivity contribution in [3.63, 3.8) is 0 Å². The molecule has 1 aromatic heterocycles. The highest BCUT2D eigenvalue weighted by atomic mass is 19.3. The minimum Gasteiger partial charge on any atom is -0.434 e. The number of nitrogens with zero attached hydrogens (tertiary/aromatic N) is 2. The summed E-state index contributed by atoms with van der Waals surface area (Å²) >= 11 is 0. The summed E-state index contributed by atoms with van der Waals surface area (Å²) in [5.41, 5.74) is 6.97. The summed E-state index contributed by atoms with van der Waals surface area (Å²) in [5, 5.41) is 0. The summed E-state index contributed by atoms with van der Waals surface area (Å²) in [6.45, 7) is 1.96. The molecule has 0 amide bonds. The minimum absolute atomic E-state index is 0.0731. The molecular weight excluding hydrogens is 264 g/mol. The number of halogens is 2. The summed E-state index contributed by atoms with van der Waals surface area (Å²) in [4.78, 5) is 4.22. The van der Waals surface area contributed by atoms with Crippen LogP contribution in [0.2, 0.25) is 0 Å². The van der Waals surface area contributed by atoms with Crippen LogP contribution in [0.5, 0.6) is 5.75 Å². The van der Waals surface area contributed by atoms with Crippen LogP contribution in [-0.2, 0) is 6.54 Å². The molecule has 2 aromatic rings. The van der Waals surface area contributed by atoms with Crippen molar-refractivity contribution in [2.24, 2.45) is 5.92 Å². The number of ether oxygens (including phenoxy) is 1. The lowest BCUT2D eigenvalue weighted by Crippen LogP contribution is -2.07. The van der Waals surface area contributed by atoms with Gasteiger partial charge in [-0.2, -0.15) is 8.78 Å². The fourth-order valence-electron chi connectivity index (χ4n) is 2.00. The van der Waals surface area contributed by atoms with Crippen LogP contribution < -0.4 is 10.5 Å². The van der Waals surface area contributed by atoms with E-state index in [0.29, 0.717) is 23.0 Å². The van der Waals surface area contributed by atoms with Crippen LogP contribution in [0.4, 0.5) is 14.6 Å². The van der Waals surface area contributed by atoms with Crippen LogP contribution >= 0.6 is 0 Å². The highest BCUT2D eigenvalue weighted by Gasteiger charge is 2.16. The largest absolute Gasteiger partial charge is 0.434 e. The number of alkyl halides is 2. The van der Waals surface area contributed by atoms with Crippen LogP contribution in [0, 0.1) is 5.92 Å². The SMILES string of the molecule is CC(C)Cn1cnc(-c2ccccc2OC(F)F)c1N. The Labute approximate surface area is 116 Å². The third-order valence-corrected chi connectivity index (χ3v) is 2.80. The molecule has 0 aliphatic heterocycles. The van der Waals surface area contributed by atoms with Crippen molar-refractivity contribution in [3.8, 4) is 17.0 Å². The first-order valence-electron chi connectivity index (χ1n) is 6.34. The Hall–Kier alpha value is -2.11. The van der Waals surface area contributed by atoms with E-state index in [0.717, 1.165) is 6.54 Å². The van der Waals surface area contributed by atoms with Gasteiger partial charge in [0.15, 0.2) is 0 Å². The second kappa shape index (κ2) is 5.90. The molecule has 0 bridgehead atoms. The van der Waals surface area contributed by atoms with Crippen molar-refractivity contribution in [2.75, 3.05) is 5.73 Å². The average Bonchev–Trinajstić information content (AvgIpc) is 2.70. The van der Waals surface area contributed by atoms with Crippen molar-refractivity contribution < 1.29 is 13.5 Å². The van der Waals surface area contributed by atoms with Crippen molar-refractivity contribution in [3.05, 3.63) is 30.6 Å². The first kappa shape index (κ1) is 14.3. The van der Waals surface area contributed by atoms with E-state index in [-0.39, 0.29) is 5.75 Å². The predicted octanol–water partition coefficient (Wildman–Crippen LogP) is 3.39. The van der Waals surface area contributed by atoms with Gasteiger partial charge < -0.3 is 15.0 Å². The second-order valence-corrected chi connectivity index (χ2v) is 4.90. The van der Waals surface area contributed by atoms with Gasteiger partial charge in [0, 0.05) is 12.1 Å². The van der Waals surface area contributed by atoms with E-state index in [1.165, 1.54) is 6.07 Å². The Balaban J connectivity index is 2.39. The molecule has 0 saturated carbocycles. The fourth-order valence-corrected chi connectivity index (χ4v) is 2.00. The van der Waals surface area contributed by atoms with Gasteiger partial charge >= 0.3 is 6.61 Å². The predicted molar refractivity (Wildman–Crippen MR) is 73.5 cm³/mol. The average molecular weight is 281 g/mol. The number of nitrogen functional groups attached to an aromatic ring is 1. The first-order chi connectivity index (χ1) is 9.49. The van der Waals surface area contributed by atoms with Gasteiger partial charge in [-0.3, -0.25) is 0 Å². The molecule has 0 unspecified atom stereocenters. The van der Waals surface area contributed by atoms with Crippen molar-refractivity contribution in [2.45, 2.75) is 27.0 Å². The molecule has 0 radical (unpaired) electrons. The number of hydrogen-bond acceptors (Lipinski definition) is 3. The van der Waals surface area contributed by atoms with E-state index in [4.69, 9.17) is 5.73 Å². The summed E-state index contributed by atoms with van der Waals surface area (Å²) in [6, 6.07) is 6.50. The van der Waals surface area contributed by atoms with Crippen LogP contribution in [0.3, 0.4) is 0 Å². The zero-order chi connectivity index (χ0) is 14.7. The number of anilines is 1. The molecule has 0 spiro atoms. The van der Waals surface area contributed by atoms with E-state index in [1.54, 1.807) is 29.1 Å². The van der Waals surface area contributed by atoms with Crippen LogP contribution in [0.1, 0.15) is 13.8 Å². The third-order valence-electron chi connectivity index (χ3n) is 2.80. The van der Waals surface area contributed by atoms with E-state index in [2.05, 4.69) is 23.6 Å². The number of rotatable bonds is 5. The first-order valence-corrected chi connectivity index (χ1v) is 6.34. The highest BCUT2D eigenvalue weighted by Crippen LogP contribution is 2.33. The summed E-state index contributed by atoms with van der Waals surface area (Å²) < 4.78 is 31.1. The molecule has 20 heavy (non-hydrogen) atoms. The standard InChI is InChI=1S/C14H17F2N3O/c1-9(2)7-19-8-18-12(13(19)17)10-5-3-4-6-11(10)20-14(15)16/h3-6,8-9,14H,7,17H2,1-2H3. The number of nitrogens with two attached hydrogens (primary N) is 1. The number of para-hydroxylation sites is 1. The normalized spacial score (nSPS) is 11.3. The molecule has 0 atom stereocenters. The Kier molecular flexibility index (Phi) is 4.22. The molecule has 0 aliphatic carbocycles. The minimum atomic E-state index is -2.88. The molecule has 1 heterocycles. The highest BCUT2D eigenvalue weighted by molar-refractivity contribution is 5.75. The number of imidazole rings is 1. The monoisotopic (exact) mass is 281 g/mol. The van der Waals surface area contributed by atoms with E-state index in [9.17, 15) is 8.78 Å². The fraction of sp³-hybridized carbons (Fsp3) is 0.357. The zero-order valence-corrected chi connectivity index (χ0v) is 11.4. The van der Waals surface area contributed by atoms with Gasteiger partial charge in [-0.1, -0.05) is 26.0 Å². The van der Waals surface area contributed by atoms with Gasteiger partial charge in [0.1, 0.15) is 17.3 Å². The molecule has 2 N–H and O–H groups in total. The van der Waals surface area contributed by atoms with Gasteiger partial charge in [0.2, 0.25) is 0 Å². The third kappa shape index (κ3) is 3.07. The Morgan fingerprint density at radius 1 is 1.30 bits per heavy atom. The van der Waals surface area contributed by atoms with Gasteiger partial charge in [0.25, 0.3) is 0 Å². The maximum atomic E-state index is 12.4. The van der Waals surface area contributed by atoms with Gasteiger partial charge in [-0.05, 0) is 18.1 Å². The van der Waals surface area contributed by atoms with Crippen molar-refractivity contribution >= 4 is 5.82 Å². The number of aromatic nitrogens is 2. The molecule has 0 saturated heterocycles. The Morgan fingerprint density at radius 2 is 2.00 bits per heavy atom. The number of hydrogen-bond donors (Lipinski definition) is 1. The van der Waals surface area contributed by atoms with Gasteiger partial charge in [0.05, 0.1) is 6.33 Å². The molecule has 2 rings (SSSR count). The molecule has 0 aliphatic rings. The number of benzene rings is 1. The molecule has 1 aromatic carbocycles.